The maximum absolute atomic E-state index is 9.09. The summed E-state index contributed by atoms with van der Waals surface area (Å²) in [4.78, 5) is 1.33. The lowest BCUT2D eigenvalue weighted by atomic mass is 9.95. The van der Waals surface area contributed by atoms with Gasteiger partial charge in [-0.3, -0.25) is 0 Å². The van der Waals surface area contributed by atoms with Crippen molar-refractivity contribution in [2.24, 2.45) is 5.41 Å². The zero-order valence-corrected chi connectivity index (χ0v) is 11.8. The van der Waals surface area contributed by atoms with Crippen LogP contribution in [0.5, 0.6) is 0 Å². The maximum atomic E-state index is 9.09. The highest BCUT2D eigenvalue weighted by atomic mass is 79.9. The van der Waals surface area contributed by atoms with Gasteiger partial charge in [0.05, 0.1) is 3.79 Å². The number of aliphatic hydroxyl groups excluding tert-OH is 1. The first-order valence-electron chi connectivity index (χ1n) is 5.01. The smallest absolute Gasteiger partial charge is 0.0730 e. The first-order chi connectivity index (χ1) is 6.94. The van der Waals surface area contributed by atoms with Crippen molar-refractivity contribution >= 4 is 27.3 Å². The van der Waals surface area contributed by atoms with Crippen molar-refractivity contribution in [3.63, 3.8) is 0 Å². The maximum Gasteiger partial charge on any atom is 0.0730 e. The third-order valence-corrected chi connectivity index (χ3v) is 4.38. The van der Waals surface area contributed by atoms with E-state index in [1.54, 1.807) is 11.3 Å². The highest BCUT2D eigenvalue weighted by Gasteiger charge is 2.15. The molecule has 1 rings (SSSR count). The van der Waals surface area contributed by atoms with Crippen LogP contribution in [0, 0.1) is 12.3 Å². The largest absolute Gasteiger partial charge is 0.396 e. The van der Waals surface area contributed by atoms with Crippen LogP contribution in [0.4, 0.5) is 0 Å². The molecule has 0 fully saturated rings. The third-order valence-electron chi connectivity index (χ3n) is 2.24. The van der Waals surface area contributed by atoms with Gasteiger partial charge in [-0.05, 0) is 34.5 Å². The molecule has 0 bridgehead atoms. The zero-order valence-electron chi connectivity index (χ0n) is 9.43. The molecule has 1 aromatic heterocycles. The molecular formula is C11H18BrNOS. The number of nitrogens with one attached hydrogen (secondary N) is 1. The van der Waals surface area contributed by atoms with Crippen LogP contribution < -0.4 is 5.32 Å². The highest BCUT2D eigenvalue weighted by molar-refractivity contribution is 9.11. The fraction of sp³-hybridized carbons (Fsp3) is 0.636. The molecule has 1 heterocycles. The minimum atomic E-state index is -0.0382. The van der Waals surface area contributed by atoms with E-state index in [-0.39, 0.29) is 12.0 Å². The van der Waals surface area contributed by atoms with E-state index < -0.39 is 0 Å². The van der Waals surface area contributed by atoms with Crippen molar-refractivity contribution < 1.29 is 5.11 Å². The Hall–Kier alpha value is 0.100. The molecule has 0 spiro atoms. The number of rotatable bonds is 5. The first kappa shape index (κ1) is 13.2. The van der Waals surface area contributed by atoms with E-state index in [9.17, 15) is 0 Å². The van der Waals surface area contributed by atoms with Crippen molar-refractivity contribution in [1.82, 2.24) is 5.32 Å². The van der Waals surface area contributed by atoms with Gasteiger partial charge in [0.1, 0.15) is 0 Å². The van der Waals surface area contributed by atoms with Crippen LogP contribution in [0.25, 0.3) is 0 Å². The van der Waals surface area contributed by atoms with Gasteiger partial charge < -0.3 is 10.4 Å². The van der Waals surface area contributed by atoms with Crippen LogP contribution in [-0.4, -0.2) is 18.3 Å². The molecule has 0 atom stereocenters. The molecule has 0 aliphatic rings. The SMILES string of the molecule is Cc1cc(CNCC(C)(C)CO)sc1Br. The molecule has 4 heteroatoms. The van der Waals surface area contributed by atoms with Gasteiger partial charge in [0.15, 0.2) is 0 Å². The summed E-state index contributed by atoms with van der Waals surface area (Å²) in [5.41, 5.74) is 1.25. The van der Waals surface area contributed by atoms with Crippen LogP contribution in [0.2, 0.25) is 0 Å². The van der Waals surface area contributed by atoms with Crippen molar-refractivity contribution in [3.8, 4) is 0 Å². The summed E-state index contributed by atoms with van der Waals surface area (Å²) in [7, 11) is 0. The van der Waals surface area contributed by atoms with Crippen LogP contribution in [-0.2, 0) is 6.54 Å². The average molecular weight is 292 g/mol. The van der Waals surface area contributed by atoms with Gasteiger partial charge in [0.2, 0.25) is 0 Å². The third kappa shape index (κ3) is 4.23. The average Bonchev–Trinajstić information content (AvgIpc) is 2.46. The molecule has 0 radical (unpaired) electrons. The summed E-state index contributed by atoms with van der Waals surface area (Å²) in [6.07, 6.45) is 0. The van der Waals surface area contributed by atoms with Crippen LogP contribution >= 0.6 is 27.3 Å². The first-order valence-corrected chi connectivity index (χ1v) is 6.62. The molecule has 86 valence electrons. The molecule has 2 N–H and O–H groups in total. The zero-order chi connectivity index (χ0) is 11.5. The number of hydrogen-bond donors (Lipinski definition) is 2. The molecule has 0 aliphatic carbocycles. The molecule has 0 aliphatic heterocycles. The molecule has 1 aromatic rings. The van der Waals surface area contributed by atoms with Gasteiger partial charge in [-0.1, -0.05) is 13.8 Å². The minimum absolute atomic E-state index is 0.0382. The van der Waals surface area contributed by atoms with Crippen LogP contribution in [0.15, 0.2) is 9.85 Å². The summed E-state index contributed by atoms with van der Waals surface area (Å²) < 4.78 is 1.21. The van der Waals surface area contributed by atoms with Crippen LogP contribution in [0.3, 0.4) is 0 Å². The van der Waals surface area contributed by atoms with E-state index in [2.05, 4.69) is 48.1 Å². The Labute approximate surface area is 104 Å². The molecular weight excluding hydrogens is 274 g/mol. The number of aryl methyl sites for hydroxylation is 1. The van der Waals surface area contributed by atoms with E-state index >= 15 is 0 Å². The van der Waals surface area contributed by atoms with E-state index in [1.807, 2.05) is 0 Å². The molecule has 0 saturated heterocycles. The van der Waals surface area contributed by atoms with Gasteiger partial charge >= 0.3 is 0 Å². The van der Waals surface area contributed by atoms with Gasteiger partial charge in [-0.2, -0.15) is 0 Å². The summed E-state index contributed by atoms with van der Waals surface area (Å²) >= 11 is 5.28. The summed E-state index contributed by atoms with van der Waals surface area (Å²) in [6, 6.07) is 2.19. The van der Waals surface area contributed by atoms with Gasteiger partial charge in [0.25, 0.3) is 0 Å². The van der Waals surface area contributed by atoms with E-state index in [0.717, 1.165) is 13.1 Å². The minimum Gasteiger partial charge on any atom is -0.396 e. The van der Waals surface area contributed by atoms with E-state index in [4.69, 9.17) is 5.11 Å². The second-order valence-electron chi connectivity index (χ2n) is 4.60. The monoisotopic (exact) mass is 291 g/mol. The Bertz CT molecular complexity index is 303. The predicted octanol–water partition coefficient (Wildman–Crippen LogP) is 2.93. The number of aliphatic hydroxyl groups is 1. The standard InChI is InChI=1S/C11H18BrNOS/c1-8-4-9(15-10(8)12)5-13-6-11(2,3)7-14/h4,13-14H,5-7H2,1-3H3. The van der Waals surface area contributed by atoms with E-state index in [1.165, 1.54) is 14.2 Å². The molecule has 0 aromatic carbocycles. The second kappa shape index (κ2) is 5.43. The topological polar surface area (TPSA) is 32.3 Å². The van der Waals surface area contributed by atoms with Crippen molar-refractivity contribution in [1.29, 1.82) is 0 Å². The Morgan fingerprint density at radius 2 is 2.20 bits per heavy atom. The van der Waals surface area contributed by atoms with Crippen molar-refractivity contribution in [2.45, 2.75) is 27.3 Å². The Balaban J connectivity index is 2.38. The lowest BCUT2D eigenvalue weighted by Crippen LogP contribution is -2.31. The van der Waals surface area contributed by atoms with Gasteiger partial charge in [-0.15, -0.1) is 11.3 Å². The summed E-state index contributed by atoms with van der Waals surface area (Å²) in [5, 5.41) is 12.5. The van der Waals surface area contributed by atoms with Crippen molar-refractivity contribution in [2.75, 3.05) is 13.2 Å². The highest BCUT2D eigenvalue weighted by Crippen LogP contribution is 2.27. The molecule has 0 unspecified atom stereocenters. The normalized spacial score (nSPS) is 12.1. The molecule has 0 saturated carbocycles. The predicted molar refractivity (Wildman–Crippen MR) is 69.3 cm³/mol. The second-order valence-corrected chi connectivity index (χ2v) is 7.05. The quantitative estimate of drug-likeness (QED) is 0.874. The summed E-state index contributed by atoms with van der Waals surface area (Å²) in [6.45, 7) is 8.12. The lowest BCUT2D eigenvalue weighted by molar-refractivity contribution is 0.157. The number of hydrogen-bond acceptors (Lipinski definition) is 3. The Morgan fingerprint density at radius 1 is 1.53 bits per heavy atom. The fourth-order valence-corrected chi connectivity index (χ4v) is 2.79. The molecule has 0 amide bonds. The van der Waals surface area contributed by atoms with Gasteiger partial charge in [0, 0.05) is 30.0 Å². The summed E-state index contributed by atoms with van der Waals surface area (Å²) in [5.74, 6) is 0. The number of thiophene rings is 1. The van der Waals surface area contributed by atoms with E-state index in [0.29, 0.717) is 0 Å². The van der Waals surface area contributed by atoms with Gasteiger partial charge in [-0.25, -0.2) is 0 Å². The number of halogens is 1. The van der Waals surface area contributed by atoms with Crippen molar-refractivity contribution in [3.05, 3.63) is 20.3 Å². The Kier molecular flexibility index (Phi) is 4.77. The van der Waals surface area contributed by atoms with Crippen LogP contribution in [0.1, 0.15) is 24.3 Å². The molecule has 2 nitrogen and oxygen atoms in total. The fourth-order valence-electron chi connectivity index (χ4n) is 1.19. The molecule has 15 heavy (non-hydrogen) atoms. The Morgan fingerprint density at radius 3 is 2.67 bits per heavy atom. The lowest BCUT2D eigenvalue weighted by Gasteiger charge is -2.21.